The van der Waals surface area contributed by atoms with Crippen LogP contribution in [0.25, 0.3) is 0 Å². The average Bonchev–Trinajstić information content (AvgIpc) is 2.75. The van der Waals surface area contributed by atoms with Crippen LogP contribution in [0.3, 0.4) is 0 Å². The van der Waals surface area contributed by atoms with Crippen LogP contribution in [0.1, 0.15) is 31.4 Å². The molecule has 0 aliphatic heterocycles. The van der Waals surface area contributed by atoms with Crippen LogP contribution >= 0.6 is 11.6 Å². The van der Waals surface area contributed by atoms with Gasteiger partial charge >= 0.3 is 5.97 Å². The number of nitro groups is 1. The molecule has 3 N–H and O–H groups in total. The highest BCUT2D eigenvalue weighted by molar-refractivity contribution is 7.89. The summed E-state index contributed by atoms with van der Waals surface area (Å²) in [6, 6.07) is 6.64. The van der Waals surface area contributed by atoms with E-state index >= 15 is 0 Å². The number of aliphatic carboxylic acids is 1. The number of hydrogen-bond acceptors (Lipinski definition) is 7. The lowest BCUT2D eigenvalue weighted by Gasteiger charge is -2.21. The number of rotatable bonds is 11. The Morgan fingerprint density at radius 1 is 1.09 bits per heavy atom. The summed E-state index contributed by atoms with van der Waals surface area (Å²) in [5, 5.41) is 22.9. The van der Waals surface area contributed by atoms with E-state index in [1.54, 1.807) is 0 Å². The van der Waals surface area contributed by atoms with Gasteiger partial charge in [0.05, 0.1) is 9.82 Å². The third-order valence-electron chi connectivity index (χ3n) is 4.49. The SMILES string of the molecule is CC(=O)CC[C@H](NS(=O)(=O)c1ccc([N+](=O)[O-])cc1)C(=O)N[C@H](C(=O)O)c1ccc(Cl)cc1. The van der Waals surface area contributed by atoms with Gasteiger partial charge in [-0.15, -0.1) is 0 Å². The van der Waals surface area contributed by atoms with Gasteiger partial charge in [0, 0.05) is 23.6 Å². The van der Waals surface area contributed by atoms with Crippen molar-refractivity contribution in [2.45, 2.75) is 36.7 Å². The Labute approximate surface area is 194 Å². The number of carboxylic acid groups (broad SMARTS) is 1. The molecule has 0 aliphatic rings. The van der Waals surface area contributed by atoms with Crippen molar-refractivity contribution >= 4 is 45.0 Å². The molecule has 0 aromatic heterocycles. The molecule has 0 spiro atoms. The fourth-order valence-electron chi connectivity index (χ4n) is 2.78. The van der Waals surface area contributed by atoms with E-state index in [4.69, 9.17) is 11.6 Å². The molecule has 11 nitrogen and oxygen atoms in total. The van der Waals surface area contributed by atoms with E-state index in [2.05, 4.69) is 10.0 Å². The standard InChI is InChI=1S/C20H20ClN3O8S/c1-12(25)2-11-17(23-33(31,32)16-9-7-15(8-10-16)24(29)30)19(26)22-18(20(27)28)13-3-5-14(21)6-4-13/h3-10,17-18,23H,2,11H2,1H3,(H,22,26)(H,27,28)/t17-,18-/m0/s1. The number of halogens is 1. The number of carboxylic acids is 1. The number of sulfonamides is 1. The maximum atomic E-state index is 12.8. The van der Waals surface area contributed by atoms with E-state index in [1.807, 2.05) is 0 Å². The minimum Gasteiger partial charge on any atom is -0.479 e. The van der Waals surface area contributed by atoms with E-state index in [1.165, 1.54) is 31.2 Å². The Balaban J connectivity index is 2.28. The number of nitrogens with one attached hydrogen (secondary N) is 2. The first-order valence-electron chi connectivity index (χ1n) is 9.45. The van der Waals surface area contributed by atoms with Gasteiger partial charge in [-0.25, -0.2) is 13.2 Å². The Morgan fingerprint density at radius 2 is 1.67 bits per heavy atom. The Hall–Kier alpha value is -3.35. The van der Waals surface area contributed by atoms with Gasteiger partial charge in [-0.05, 0) is 43.2 Å². The second-order valence-corrected chi connectivity index (χ2v) is 9.15. The van der Waals surface area contributed by atoms with Gasteiger partial charge in [0.15, 0.2) is 6.04 Å². The minimum absolute atomic E-state index is 0.153. The summed E-state index contributed by atoms with van der Waals surface area (Å²) in [4.78, 5) is 45.7. The van der Waals surface area contributed by atoms with Gasteiger partial charge in [-0.3, -0.25) is 14.9 Å². The molecule has 2 rings (SSSR count). The minimum atomic E-state index is -4.33. The molecule has 33 heavy (non-hydrogen) atoms. The lowest BCUT2D eigenvalue weighted by molar-refractivity contribution is -0.384. The van der Waals surface area contributed by atoms with E-state index in [0.29, 0.717) is 5.02 Å². The third-order valence-corrected chi connectivity index (χ3v) is 6.23. The Morgan fingerprint density at radius 3 is 2.15 bits per heavy atom. The average molecular weight is 498 g/mol. The fourth-order valence-corrected chi connectivity index (χ4v) is 4.14. The molecule has 0 unspecified atom stereocenters. The van der Waals surface area contributed by atoms with Crippen molar-refractivity contribution in [1.82, 2.24) is 10.0 Å². The lowest BCUT2D eigenvalue weighted by atomic mass is 10.1. The summed E-state index contributed by atoms with van der Waals surface area (Å²) in [5.41, 5.74) is -0.129. The second-order valence-electron chi connectivity index (χ2n) is 7.00. The molecule has 1 amide bonds. The van der Waals surface area contributed by atoms with Crippen molar-refractivity contribution in [2.24, 2.45) is 0 Å². The Kier molecular flexibility index (Phi) is 8.63. The van der Waals surface area contributed by atoms with Gasteiger partial charge in [0.1, 0.15) is 11.8 Å². The zero-order valence-electron chi connectivity index (χ0n) is 17.2. The molecule has 13 heteroatoms. The number of non-ortho nitro benzene ring substituents is 1. The maximum Gasteiger partial charge on any atom is 0.330 e. The normalized spacial score (nSPS) is 13.0. The number of hydrogen-bond donors (Lipinski definition) is 3. The van der Waals surface area contributed by atoms with E-state index < -0.39 is 38.9 Å². The number of Topliss-reactive ketones (excluding diaryl/α,β-unsaturated/α-hetero) is 1. The zero-order valence-corrected chi connectivity index (χ0v) is 18.8. The van der Waals surface area contributed by atoms with Gasteiger partial charge in [-0.1, -0.05) is 23.7 Å². The fraction of sp³-hybridized carbons (Fsp3) is 0.250. The van der Waals surface area contributed by atoms with Crippen molar-refractivity contribution in [3.63, 3.8) is 0 Å². The monoisotopic (exact) mass is 497 g/mol. The predicted octanol–water partition coefficient (Wildman–Crippen LogP) is 2.21. The summed E-state index contributed by atoms with van der Waals surface area (Å²) in [6.45, 7) is 1.26. The molecule has 2 atom stereocenters. The number of nitro benzene ring substituents is 1. The quantitative estimate of drug-likeness (QED) is 0.313. The highest BCUT2D eigenvalue weighted by atomic mass is 35.5. The van der Waals surface area contributed by atoms with Crippen molar-refractivity contribution in [1.29, 1.82) is 0 Å². The van der Waals surface area contributed by atoms with Crippen LogP contribution in [0, 0.1) is 10.1 Å². The van der Waals surface area contributed by atoms with E-state index in [0.717, 1.165) is 24.3 Å². The molecule has 0 heterocycles. The molecular formula is C20H20ClN3O8S. The summed E-state index contributed by atoms with van der Waals surface area (Å²) in [7, 11) is -4.33. The molecule has 2 aromatic rings. The maximum absolute atomic E-state index is 12.8. The van der Waals surface area contributed by atoms with Crippen molar-refractivity contribution in [3.05, 3.63) is 69.2 Å². The van der Waals surface area contributed by atoms with E-state index in [9.17, 15) is 38.0 Å². The van der Waals surface area contributed by atoms with Crippen LogP contribution in [0.4, 0.5) is 5.69 Å². The summed E-state index contributed by atoms with van der Waals surface area (Å²) >= 11 is 5.80. The van der Waals surface area contributed by atoms with Crippen LogP contribution in [-0.2, 0) is 24.4 Å². The Bertz CT molecular complexity index is 1150. The van der Waals surface area contributed by atoms with E-state index in [-0.39, 0.29) is 34.8 Å². The molecule has 0 saturated heterocycles. The van der Waals surface area contributed by atoms with Gasteiger partial charge in [0.25, 0.3) is 5.69 Å². The summed E-state index contributed by atoms with van der Waals surface area (Å²) in [6.07, 6.45) is -0.389. The summed E-state index contributed by atoms with van der Waals surface area (Å²) < 4.78 is 27.6. The van der Waals surface area contributed by atoms with Crippen LogP contribution in [0.2, 0.25) is 5.02 Å². The first kappa shape index (κ1) is 25.9. The third kappa shape index (κ3) is 7.34. The largest absolute Gasteiger partial charge is 0.479 e. The predicted molar refractivity (Wildman–Crippen MR) is 117 cm³/mol. The van der Waals surface area contributed by atoms with Crippen LogP contribution < -0.4 is 10.0 Å². The van der Waals surface area contributed by atoms with Crippen molar-refractivity contribution in [2.75, 3.05) is 0 Å². The number of carbonyl (C=O) groups excluding carboxylic acids is 2. The van der Waals surface area contributed by atoms with Crippen molar-refractivity contribution in [3.8, 4) is 0 Å². The van der Waals surface area contributed by atoms with Gasteiger partial charge < -0.3 is 15.2 Å². The number of benzene rings is 2. The second kappa shape index (κ2) is 11.0. The molecule has 0 radical (unpaired) electrons. The highest BCUT2D eigenvalue weighted by Crippen LogP contribution is 2.19. The molecule has 176 valence electrons. The molecular weight excluding hydrogens is 478 g/mol. The van der Waals surface area contributed by atoms with Crippen molar-refractivity contribution < 1.29 is 32.8 Å². The number of amides is 1. The number of nitrogens with zero attached hydrogens (tertiary/aromatic N) is 1. The molecule has 0 aliphatic carbocycles. The molecule has 0 bridgehead atoms. The van der Waals surface area contributed by atoms with Crippen LogP contribution in [0.5, 0.6) is 0 Å². The summed E-state index contributed by atoms with van der Waals surface area (Å²) in [5.74, 6) is -2.67. The van der Waals surface area contributed by atoms with Gasteiger partial charge in [0.2, 0.25) is 15.9 Å². The topological polar surface area (TPSA) is 173 Å². The first-order valence-corrected chi connectivity index (χ1v) is 11.3. The number of ketones is 1. The highest BCUT2D eigenvalue weighted by Gasteiger charge is 2.30. The van der Waals surface area contributed by atoms with Crippen LogP contribution in [0.15, 0.2) is 53.4 Å². The smallest absolute Gasteiger partial charge is 0.330 e. The van der Waals surface area contributed by atoms with Crippen LogP contribution in [-0.4, -0.2) is 42.1 Å². The molecule has 0 saturated carbocycles. The first-order chi connectivity index (χ1) is 15.4. The molecule has 2 aromatic carbocycles. The lowest BCUT2D eigenvalue weighted by Crippen LogP contribution is -2.48. The molecule has 0 fully saturated rings. The van der Waals surface area contributed by atoms with Gasteiger partial charge in [-0.2, -0.15) is 4.72 Å². The zero-order chi connectivity index (χ0) is 24.8. The number of carbonyl (C=O) groups is 3.